The normalized spacial score (nSPS) is 16.5. The number of allylic oxidation sites excluding steroid dienone is 3. The number of unbranched alkanes of at least 4 members (excludes halogenated alkanes) is 3. The molecule has 0 aromatic carbocycles. The summed E-state index contributed by atoms with van der Waals surface area (Å²) in [6.45, 7) is 4.28. The summed E-state index contributed by atoms with van der Waals surface area (Å²) in [6.07, 6.45) is 12.6. The van der Waals surface area contributed by atoms with E-state index in [0.29, 0.717) is 23.9 Å². The Labute approximate surface area is 188 Å². The number of carbonyl (C=O) groups is 1. The van der Waals surface area contributed by atoms with Crippen LogP contribution >= 0.6 is 7.82 Å². The highest BCUT2D eigenvalue weighted by atomic mass is 31.2. The van der Waals surface area contributed by atoms with E-state index in [1.54, 1.807) is 6.08 Å². The SMILES string of the molecule is CCCC/C=C/CC/C=C/C(O)C(COP(=O)(O)OCC[N+](C)(C)C)NC(=O)CCC. The predicted molar refractivity (Wildman–Crippen MR) is 125 cm³/mol. The van der Waals surface area contributed by atoms with Crippen molar-refractivity contribution < 1.29 is 32.9 Å². The van der Waals surface area contributed by atoms with E-state index in [-0.39, 0.29) is 19.1 Å². The van der Waals surface area contributed by atoms with Gasteiger partial charge < -0.3 is 19.8 Å². The summed E-state index contributed by atoms with van der Waals surface area (Å²) in [5.41, 5.74) is 0. The summed E-state index contributed by atoms with van der Waals surface area (Å²) in [4.78, 5) is 21.9. The minimum atomic E-state index is -4.29. The van der Waals surface area contributed by atoms with Crippen molar-refractivity contribution in [2.24, 2.45) is 0 Å². The fourth-order valence-electron chi connectivity index (χ4n) is 2.49. The second-order valence-corrected chi connectivity index (χ2v) is 10.1. The van der Waals surface area contributed by atoms with E-state index >= 15 is 0 Å². The van der Waals surface area contributed by atoms with Crippen LogP contribution in [0, 0.1) is 0 Å². The number of phosphoric ester groups is 1. The Balaban J connectivity index is 4.71. The lowest BCUT2D eigenvalue weighted by Gasteiger charge is -2.25. The van der Waals surface area contributed by atoms with Crippen molar-refractivity contribution in [2.75, 3.05) is 40.9 Å². The summed E-state index contributed by atoms with van der Waals surface area (Å²) in [5, 5.41) is 13.1. The third kappa shape index (κ3) is 18.3. The monoisotopic (exact) mass is 463 g/mol. The van der Waals surface area contributed by atoms with Gasteiger partial charge in [-0.3, -0.25) is 13.8 Å². The van der Waals surface area contributed by atoms with Gasteiger partial charge in [0.25, 0.3) is 0 Å². The van der Waals surface area contributed by atoms with Gasteiger partial charge in [-0.2, -0.15) is 0 Å². The molecule has 3 N–H and O–H groups in total. The second kappa shape index (κ2) is 16.6. The summed E-state index contributed by atoms with van der Waals surface area (Å²) in [6, 6.07) is -0.849. The van der Waals surface area contributed by atoms with E-state index in [0.717, 1.165) is 19.3 Å². The molecule has 0 aliphatic carbocycles. The molecule has 0 aliphatic heterocycles. The van der Waals surface area contributed by atoms with Gasteiger partial charge in [-0.1, -0.05) is 51.0 Å². The molecule has 0 radical (unpaired) electrons. The number of likely N-dealkylation sites (N-methyl/N-ethyl adjacent to an activating group) is 1. The topological polar surface area (TPSA) is 105 Å². The lowest BCUT2D eigenvalue weighted by atomic mass is 10.1. The maximum Gasteiger partial charge on any atom is 0.472 e. The molecule has 31 heavy (non-hydrogen) atoms. The lowest BCUT2D eigenvalue weighted by molar-refractivity contribution is -0.870. The zero-order valence-electron chi connectivity index (χ0n) is 20.0. The van der Waals surface area contributed by atoms with E-state index in [2.05, 4.69) is 24.4 Å². The first kappa shape index (κ1) is 30.0. The second-order valence-electron chi connectivity index (χ2n) is 8.65. The van der Waals surface area contributed by atoms with Crippen molar-refractivity contribution in [3.63, 3.8) is 0 Å². The first-order chi connectivity index (χ1) is 14.5. The molecule has 1 amide bonds. The van der Waals surface area contributed by atoms with Gasteiger partial charge in [0, 0.05) is 6.42 Å². The Morgan fingerprint density at radius 1 is 1.06 bits per heavy atom. The minimum absolute atomic E-state index is 0.0539. The highest BCUT2D eigenvalue weighted by molar-refractivity contribution is 7.47. The van der Waals surface area contributed by atoms with Crippen molar-refractivity contribution in [3.8, 4) is 0 Å². The predicted octanol–water partition coefficient (Wildman–Crippen LogP) is 3.55. The number of hydrogen-bond acceptors (Lipinski definition) is 5. The molecule has 0 aliphatic rings. The zero-order chi connectivity index (χ0) is 23.8. The maximum absolute atomic E-state index is 12.1. The van der Waals surface area contributed by atoms with Crippen LogP contribution in [-0.4, -0.2) is 73.4 Å². The number of hydrogen-bond donors (Lipinski definition) is 3. The van der Waals surface area contributed by atoms with Crippen LogP contribution in [0.15, 0.2) is 24.3 Å². The molecule has 0 rings (SSSR count). The number of amides is 1. The van der Waals surface area contributed by atoms with Crippen molar-refractivity contribution in [1.82, 2.24) is 5.32 Å². The molecule has 0 spiro atoms. The Morgan fingerprint density at radius 3 is 2.32 bits per heavy atom. The Bertz CT molecular complexity index is 589. The third-order valence-corrected chi connectivity index (χ3v) is 5.38. The number of quaternary nitrogens is 1. The van der Waals surface area contributed by atoms with Gasteiger partial charge in [0.05, 0.1) is 39.9 Å². The molecule has 0 saturated heterocycles. The first-order valence-corrected chi connectivity index (χ1v) is 12.7. The molecule has 182 valence electrons. The van der Waals surface area contributed by atoms with E-state index in [1.807, 2.05) is 34.1 Å². The quantitative estimate of drug-likeness (QED) is 0.124. The number of rotatable bonds is 18. The Morgan fingerprint density at radius 2 is 1.71 bits per heavy atom. The molecule has 0 aromatic heterocycles. The number of phosphoric acid groups is 1. The molecule has 3 unspecified atom stereocenters. The molecule has 0 heterocycles. The van der Waals surface area contributed by atoms with Crippen LogP contribution < -0.4 is 5.32 Å². The zero-order valence-corrected chi connectivity index (χ0v) is 20.9. The molecular weight excluding hydrogens is 419 g/mol. The van der Waals surface area contributed by atoms with Gasteiger partial charge in [-0.25, -0.2) is 4.57 Å². The van der Waals surface area contributed by atoms with Gasteiger partial charge >= 0.3 is 7.82 Å². The Hall–Kier alpha value is -1.02. The number of nitrogens with one attached hydrogen (secondary N) is 1. The summed E-state index contributed by atoms with van der Waals surface area (Å²) >= 11 is 0. The minimum Gasteiger partial charge on any atom is -0.387 e. The molecule has 0 bridgehead atoms. The van der Waals surface area contributed by atoms with Crippen molar-refractivity contribution in [2.45, 2.75) is 70.9 Å². The highest BCUT2D eigenvalue weighted by Gasteiger charge is 2.27. The summed E-state index contributed by atoms with van der Waals surface area (Å²) in [7, 11) is 1.53. The molecule has 8 nitrogen and oxygen atoms in total. The van der Waals surface area contributed by atoms with E-state index in [9.17, 15) is 19.4 Å². The van der Waals surface area contributed by atoms with Crippen LogP contribution in [0.2, 0.25) is 0 Å². The van der Waals surface area contributed by atoms with Gasteiger partial charge in [0.2, 0.25) is 5.91 Å². The van der Waals surface area contributed by atoms with Crippen LogP contribution in [0.1, 0.15) is 58.8 Å². The van der Waals surface area contributed by atoms with Gasteiger partial charge in [-0.05, 0) is 25.7 Å². The molecular formula is C22H44N2O6P+. The average Bonchev–Trinajstić information content (AvgIpc) is 2.66. The summed E-state index contributed by atoms with van der Waals surface area (Å²) < 4.78 is 22.8. The van der Waals surface area contributed by atoms with Gasteiger partial charge in [-0.15, -0.1) is 0 Å². The van der Waals surface area contributed by atoms with Crippen LogP contribution in [0.3, 0.4) is 0 Å². The van der Waals surface area contributed by atoms with E-state index in [4.69, 9.17) is 9.05 Å². The molecule has 9 heteroatoms. The van der Waals surface area contributed by atoms with Crippen LogP contribution in [0.4, 0.5) is 0 Å². The van der Waals surface area contributed by atoms with Crippen molar-refractivity contribution in [3.05, 3.63) is 24.3 Å². The molecule has 3 atom stereocenters. The number of aliphatic hydroxyl groups is 1. The van der Waals surface area contributed by atoms with Crippen LogP contribution in [0.25, 0.3) is 0 Å². The molecule has 0 aromatic rings. The number of nitrogens with zero attached hydrogens (tertiary/aromatic N) is 1. The van der Waals surface area contributed by atoms with E-state index < -0.39 is 20.0 Å². The van der Waals surface area contributed by atoms with Gasteiger partial charge in [0.15, 0.2) is 0 Å². The van der Waals surface area contributed by atoms with Crippen LogP contribution in [0.5, 0.6) is 0 Å². The fraction of sp³-hybridized carbons (Fsp3) is 0.773. The van der Waals surface area contributed by atoms with Crippen LogP contribution in [-0.2, 0) is 18.4 Å². The summed E-state index contributed by atoms with van der Waals surface area (Å²) in [5.74, 6) is -0.249. The third-order valence-electron chi connectivity index (χ3n) is 4.39. The Kier molecular flexibility index (Phi) is 16.0. The smallest absolute Gasteiger partial charge is 0.387 e. The number of carbonyl (C=O) groups excluding carboxylic acids is 1. The average molecular weight is 464 g/mol. The molecule has 0 saturated carbocycles. The molecule has 0 fully saturated rings. The van der Waals surface area contributed by atoms with Crippen molar-refractivity contribution in [1.29, 1.82) is 0 Å². The standard InChI is InChI=1S/C22H43N2O6P/c1-6-8-9-10-11-12-13-14-16-21(25)20(23-22(26)15-7-2)19-30-31(27,28)29-18-17-24(3,4)5/h10-11,14,16,20-21,25H,6-9,12-13,15,17-19H2,1-5H3,(H-,23,26,27,28)/p+1/b11-10+,16-14+. The highest BCUT2D eigenvalue weighted by Crippen LogP contribution is 2.43. The van der Waals surface area contributed by atoms with E-state index in [1.165, 1.54) is 12.8 Å². The number of aliphatic hydroxyl groups excluding tert-OH is 1. The first-order valence-electron chi connectivity index (χ1n) is 11.2. The maximum atomic E-state index is 12.1. The van der Waals surface area contributed by atoms with Crippen molar-refractivity contribution >= 4 is 13.7 Å². The van der Waals surface area contributed by atoms with Gasteiger partial charge in [0.1, 0.15) is 13.2 Å². The largest absolute Gasteiger partial charge is 0.472 e. The fourth-order valence-corrected chi connectivity index (χ4v) is 3.23. The lowest BCUT2D eigenvalue weighted by Crippen LogP contribution is -2.45.